The normalized spacial score (nSPS) is 10.9. The summed E-state index contributed by atoms with van der Waals surface area (Å²) < 4.78 is 1.95. The number of hydrogen-bond donors (Lipinski definition) is 1. The molecule has 0 aliphatic heterocycles. The van der Waals surface area contributed by atoms with Crippen molar-refractivity contribution in [1.29, 1.82) is 0 Å². The molecule has 0 bridgehead atoms. The molecular weight excluding hydrogens is 250 g/mol. The van der Waals surface area contributed by atoms with Crippen LogP contribution in [-0.4, -0.2) is 9.55 Å². The van der Waals surface area contributed by atoms with Gasteiger partial charge in [0.25, 0.3) is 5.56 Å². The number of aromatic nitrogens is 2. The van der Waals surface area contributed by atoms with Crippen molar-refractivity contribution in [2.75, 3.05) is 5.73 Å². The highest BCUT2D eigenvalue weighted by atomic mass is 16.1. The molecule has 0 amide bonds. The highest BCUT2D eigenvalue weighted by molar-refractivity contribution is 5.80. The maximum absolute atomic E-state index is 12.0. The first-order chi connectivity index (χ1) is 9.58. The number of para-hydroxylation sites is 1. The molecule has 0 unspecified atom stereocenters. The highest BCUT2D eigenvalue weighted by Crippen LogP contribution is 2.21. The van der Waals surface area contributed by atoms with E-state index in [1.807, 2.05) is 54.8 Å². The Bertz CT molecular complexity index is 865. The fourth-order valence-corrected chi connectivity index (χ4v) is 2.37. The molecule has 0 radical (unpaired) electrons. The van der Waals surface area contributed by atoms with Crippen LogP contribution in [0.2, 0.25) is 0 Å². The summed E-state index contributed by atoms with van der Waals surface area (Å²) in [6.45, 7) is 3.79. The second-order valence-corrected chi connectivity index (χ2v) is 4.86. The van der Waals surface area contributed by atoms with Crippen molar-refractivity contribution in [2.45, 2.75) is 13.8 Å². The Morgan fingerprint density at radius 1 is 1.10 bits per heavy atom. The van der Waals surface area contributed by atoms with Crippen LogP contribution in [0.5, 0.6) is 0 Å². The molecule has 2 N–H and O–H groups in total. The highest BCUT2D eigenvalue weighted by Gasteiger charge is 2.09. The van der Waals surface area contributed by atoms with Gasteiger partial charge in [0.05, 0.1) is 10.9 Å². The van der Waals surface area contributed by atoms with Gasteiger partial charge in [0.2, 0.25) is 0 Å². The van der Waals surface area contributed by atoms with E-state index in [2.05, 4.69) is 4.98 Å². The molecule has 100 valence electrons. The molecule has 0 saturated heterocycles. The average Bonchev–Trinajstić information content (AvgIpc) is 2.43. The Morgan fingerprint density at radius 3 is 2.60 bits per heavy atom. The fraction of sp³-hybridized carbons (Fsp3) is 0.125. The van der Waals surface area contributed by atoms with Gasteiger partial charge in [0.15, 0.2) is 0 Å². The van der Waals surface area contributed by atoms with E-state index in [-0.39, 0.29) is 5.56 Å². The summed E-state index contributed by atoms with van der Waals surface area (Å²) >= 11 is 0. The molecule has 0 fully saturated rings. The number of hydrogen-bond acceptors (Lipinski definition) is 3. The van der Waals surface area contributed by atoms with Gasteiger partial charge in [-0.05, 0) is 43.7 Å². The van der Waals surface area contributed by atoms with E-state index in [0.29, 0.717) is 11.2 Å². The van der Waals surface area contributed by atoms with E-state index in [1.165, 1.54) is 0 Å². The number of nitrogen functional groups attached to an aromatic ring is 1. The third kappa shape index (κ3) is 1.86. The number of rotatable bonds is 1. The Kier molecular flexibility index (Phi) is 2.79. The minimum Gasteiger partial charge on any atom is -0.398 e. The summed E-state index contributed by atoms with van der Waals surface area (Å²) in [5.74, 6) is 0.650. The van der Waals surface area contributed by atoms with Gasteiger partial charge in [0.1, 0.15) is 5.82 Å². The van der Waals surface area contributed by atoms with Crippen LogP contribution in [0.15, 0.2) is 47.3 Å². The molecule has 20 heavy (non-hydrogen) atoms. The molecule has 4 nitrogen and oxygen atoms in total. The van der Waals surface area contributed by atoms with Crippen LogP contribution in [0.3, 0.4) is 0 Å². The summed E-state index contributed by atoms with van der Waals surface area (Å²) in [5.41, 5.74) is 9.30. The zero-order valence-electron chi connectivity index (χ0n) is 11.4. The number of aryl methyl sites for hydroxylation is 2. The number of nitrogens with two attached hydrogens (primary N) is 1. The van der Waals surface area contributed by atoms with E-state index in [0.717, 1.165) is 22.5 Å². The van der Waals surface area contributed by atoms with Gasteiger partial charge in [-0.3, -0.25) is 9.36 Å². The average molecular weight is 265 g/mol. The van der Waals surface area contributed by atoms with Gasteiger partial charge in [-0.1, -0.05) is 18.2 Å². The molecule has 3 aromatic rings. The smallest absolute Gasteiger partial charge is 0.280 e. The minimum atomic E-state index is -0.200. The molecule has 0 saturated carbocycles. The van der Waals surface area contributed by atoms with Gasteiger partial charge in [-0.2, -0.15) is 4.98 Å². The number of anilines is 1. The Labute approximate surface area is 116 Å². The van der Waals surface area contributed by atoms with Crippen molar-refractivity contribution >= 4 is 16.6 Å². The molecule has 0 aliphatic carbocycles. The third-order valence-corrected chi connectivity index (χ3v) is 3.48. The van der Waals surface area contributed by atoms with E-state index in [4.69, 9.17) is 5.73 Å². The number of fused-ring (bicyclic) bond motifs is 1. The molecule has 0 atom stereocenters. The van der Waals surface area contributed by atoms with E-state index in [9.17, 15) is 4.79 Å². The lowest BCUT2D eigenvalue weighted by Gasteiger charge is -2.14. The van der Waals surface area contributed by atoms with Crippen LogP contribution in [-0.2, 0) is 0 Å². The molecular formula is C16H15N3O. The van der Waals surface area contributed by atoms with Gasteiger partial charge in [-0.15, -0.1) is 0 Å². The molecule has 4 heteroatoms. The lowest BCUT2D eigenvalue weighted by Crippen LogP contribution is -2.15. The van der Waals surface area contributed by atoms with E-state index in [1.54, 1.807) is 6.07 Å². The first kappa shape index (κ1) is 12.4. The minimum absolute atomic E-state index is 0.200. The molecule has 1 heterocycles. The maximum Gasteiger partial charge on any atom is 0.280 e. The molecule has 0 spiro atoms. The van der Waals surface area contributed by atoms with Gasteiger partial charge in [-0.25, -0.2) is 0 Å². The van der Waals surface area contributed by atoms with Gasteiger partial charge in [0, 0.05) is 11.4 Å². The first-order valence-corrected chi connectivity index (χ1v) is 6.43. The summed E-state index contributed by atoms with van der Waals surface area (Å²) in [4.78, 5) is 16.1. The maximum atomic E-state index is 12.0. The van der Waals surface area contributed by atoms with E-state index >= 15 is 0 Å². The molecule has 0 aliphatic rings. The van der Waals surface area contributed by atoms with Crippen molar-refractivity contribution in [3.05, 3.63) is 64.2 Å². The second-order valence-electron chi connectivity index (χ2n) is 4.86. The largest absolute Gasteiger partial charge is 0.398 e. The topological polar surface area (TPSA) is 60.9 Å². The monoisotopic (exact) mass is 265 g/mol. The summed E-state index contributed by atoms with van der Waals surface area (Å²) in [7, 11) is 0. The first-order valence-electron chi connectivity index (χ1n) is 6.43. The standard InChI is InChI=1S/C16H15N3O/c1-10-7-8-12(9-14(10)17)19-11(2)18-16(20)13-5-3-4-6-15(13)19/h3-9H,17H2,1-2H3. The van der Waals surface area contributed by atoms with Crippen LogP contribution in [0, 0.1) is 13.8 Å². The Balaban J connectivity index is 2.41. The van der Waals surface area contributed by atoms with Crippen LogP contribution < -0.4 is 11.3 Å². The SMILES string of the molecule is Cc1ccc(-n2c(C)nc(=O)c3ccccc32)cc1N. The van der Waals surface area contributed by atoms with Crippen molar-refractivity contribution in [2.24, 2.45) is 0 Å². The number of benzene rings is 2. The third-order valence-electron chi connectivity index (χ3n) is 3.48. The zero-order valence-corrected chi connectivity index (χ0v) is 11.4. The van der Waals surface area contributed by atoms with Crippen molar-refractivity contribution < 1.29 is 0 Å². The van der Waals surface area contributed by atoms with Crippen molar-refractivity contribution in [3.63, 3.8) is 0 Å². The molecule has 2 aromatic carbocycles. The molecule has 3 rings (SSSR count). The van der Waals surface area contributed by atoms with Crippen molar-refractivity contribution in [3.8, 4) is 5.69 Å². The lowest BCUT2D eigenvalue weighted by atomic mass is 10.1. The Hall–Kier alpha value is -2.62. The predicted molar refractivity (Wildman–Crippen MR) is 81.2 cm³/mol. The van der Waals surface area contributed by atoms with E-state index < -0.39 is 0 Å². The molecule has 1 aromatic heterocycles. The van der Waals surface area contributed by atoms with Crippen LogP contribution >= 0.6 is 0 Å². The zero-order chi connectivity index (χ0) is 14.3. The fourth-order valence-electron chi connectivity index (χ4n) is 2.37. The quantitative estimate of drug-likeness (QED) is 0.688. The van der Waals surface area contributed by atoms with Crippen LogP contribution in [0.4, 0.5) is 5.69 Å². The lowest BCUT2D eigenvalue weighted by molar-refractivity contribution is 0.933. The second kappa shape index (κ2) is 4.49. The van der Waals surface area contributed by atoms with Crippen molar-refractivity contribution in [1.82, 2.24) is 9.55 Å². The summed E-state index contributed by atoms with van der Waals surface area (Å²) in [6, 6.07) is 13.3. The number of nitrogens with zero attached hydrogens (tertiary/aromatic N) is 2. The predicted octanol–water partition coefficient (Wildman–Crippen LogP) is 2.58. The van der Waals surface area contributed by atoms with Crippen LogP contribution in [0.1, 0.15) is 11.4 Å². The summed E-state index contributed by atoms with van der Waals surface area (Å²) in [6.07, 6.45) is 0. The van der Waals surface area contributed by atoms with Crippen LogP contribution in [0.25, 0.3) is 16.6 Å². The van der Waals surface area contributed by atoms with Gasteiger partial charge < -0.3 is 5.73 Å². The van der Waals surface area contributed by atoms with Gasteiger partial charge >= 0.3 is 0 Å². The summed E-state index contributed by atoms with van der Waals surface area (Å²) in [5, 5.41) is 0.609. The Morgan fingerprint density at radius 2 is 1.85 bits per heavy atom.